The molecular weight excluding hydrogens is 675 g/mol. The van der Waals surface area contributed by atoms with Gasteiger partial charge in [-0.25, -0.2) is 24.5 Å². The van der Waals surface area contributed by atoms with E-state index in [1.54, 1.807) is 0 Å². The molecule has 7 nitrogen and oxygen atoms in total. The first-order valence-electron chi connectivity index (χ1n) is 18.3. The Bertz CT molecular complexity index is 3060. The second-order valence-electron chi connectivity index (χ2n) is 13.6. The van der Waals surface area contributed by atoms with Crippen LogP contribution in [-0.2, 0) is 0 Å². The Hall–Kier alpha value is -7.64. The zero-order chi connectivity index (χ0) is 36.3. The molecule has 0 aliphatic carbocycles. The Balaban J connectivity index is 1.04. The molecule has 55 heavy (non-hydrogen) atoms. The summed E-state index contributed by atoms with van der Waals surface area (Å²) in [5, 5.41) is 0. The number of nitrogens with zero attached hydrogens (tertiary/aromatic N) is 7. The Morgan fingerprint density at radius 2 is 0.709 bits per heavy atom. The fourth-order valence-electron chi connectivity index (χ4n) is 7.67. The molecule has 4 heterocycles. The number of rotatable bonds is 5. The fraction of sp³-hybridized carbons (Fsp3) is 0. The highest BCUT2D eigenvalue weighted by Crippen LogP contribution is 2.32. The second-order valence-corrected chi connectivity index (χ2v) is 13.6. The Morgan fingerprint density at radius 3 is 1.24 bits per heavy atom. The van der Waals surface area contributed by atoms with E-state index in [1.165, 1.54) is 0 Å². The van der Waals surface area contributed by atoms with Crippen molar-refractivity contribution < 1.29 is 0 Å². The maximum Gasteiger partial charge on any atom is 0.223 e. The first-order valence-corrected chi connectivity index (χ1v) is 18.3. The predicted molar refractivity (Wildman–Crippen MR) is 222 cm³/mol. The minimum Gasteiger partial charge on any atom is -0.276 e. The van der Waals surface area contributed by atoms with E-state index in [2.05, 4.69) is 153 Å². The third-order valence-corrected chi connectivity index (χ3v) is 10.3. The second kappa shape index (κ2) is 12.5. The Morgan fingerprint density at radius 1 is 0.309 bits per heavy atom. The van der Waals surface area contributed by atoms with E-state index in [4.69, 9.17) is 19.9 Å². The number of hydrogen-bond acceptors (Lipinski definition) is 4. The predicted octanol–water partition coefficient (Wildman–Crippen LogP) is 11.3. The zero-order valence-electron chi connectivity index (χ0n) is 29.5. The van der Waals surface area contributed by atoms with Gasteiger partial charge >= 0.3 is 0 Å². The van der Waals surface area contributed by atoms with Crippen LogP contribution in [0.5, 0.6) is 0 Å². The average Bonchev–Trinajstić information content (AvgIpc) is 3.80. The molecule has 0 spiro atoms. The molecule has 258 valence electrons. The summed E-state index contributed by atoms with van der Waals surface area (Å²) in [5.74, 6) is 2.28. The Labute approximate surface area is 315 Å². The van der Waals surface area contributed by atoms with Crippen molar-refractivity contribution in [1.29, 1.82) is 0 Å². The summed E-state index contributed by atoms with van der Waals surface area (Å²) in [4.78, 5) is 20.4. The van der Waals surface area contributed by atoms with Crippen molar-refractivity contribution in [1.82, 2.24) is 33.3 Å². The van der Waals surface area contributed by atoms with Gasteiger partial charge in [0, 0.05) is 16.7 Å². The molecule has 0 aliphatic heterocycles. The van der Waals surface area contributed by atoms with Crippen LogP contribution in [0.4, 0.5) is 0 Å². The van der Waals surface area contributed by atoms with Crippen molar-refractivity contribution >= 4 is 44.7 Å². The molecule has 0 saturated heterocycles. The normalized spacial score (nSPS) is 11.6. The van der Waals surface area contributed by atoms with Crippen LogP contribution in [0.1, 0.15) is 0 Å². The molecule has 0 saturated carbocycles. The third kappa shape index (κ3) is 5.13. The number of imidazole rings is 2. The first kappa shape index (κ1) is 30.9. The summed E-state index contributed by atoms with van der Waals surface area (Å²) in [7, 11) is 0. The molecule has 0 radical (unpaired) electrons. The molecule has 4 aromatic heterocycles. The van der Waals surface area contributed by atoms with Crippen LogP contribution in [0.3, 0.4) is 0 Å². The summed E-state index contributed by atoms with van der Waals surface area (Å²) in [6.07, 6.45) is 0. The third-order valence-electron chi connectivity index (χ3n) is 10.3. The topological polar surface area (TPSA) is 65.3 Å². The van der Waals surface area contributed by atoms with Gasteiger partial charge < -0.3 is 0 Å². The zero-order valence-corrected chi connectivity index (χ0v) is 29.5. The van der Waals surface area contributed by atoms with Crippen LogP contribution >= 0.6 is 0 Å². The van der Waals surface area contributed by atoms with Gasteiger partial charge in [0.1, 0.15) is 0 Å². The summed E-state index contributed by atoms with van der Waals surface area (Å²) in [6.45, 7) is 0. The average molecular weight is 706 g/mol. The summed E-state index contributed by atoms with van der Waals surface area (Å²) in [5.41, 5.74) is 14.0. The minimum atomic E-state index is 0.704. The lowest BCUT2D eigenvalue weighted by Gasteiger charge is -2.11. The van der Waals surface area contributed by atoms with Crippen LogP contribution in [0, 0.1) is 0 Å². The number of para-hydroxylation sites is 6. The van der Waals surface area contributed by atoms with Crippen molar-refractivity contribution in [2.45, 2.75) is 0 Å². The van der Waals surface area contributed by atoms with Crippen LogP contribution in [0.25, 0.3) is 95.4 Å². The van der Waals surface area contributed by atoms with E-state index < -0.39 is 0 Å². The first-order chi connectivity index (χ1) is 27.3. The highest BCUT2D eigenvalue weighted by atomic mass is 15.3. The molecule has 0 fully saturated rings. The van der Waals surface area contributed by atoms with Gasteiger partial charge in [-0.1, -0.05) is 133 Å². The monoisotopic (exact) mass is 705 g/mol. The van der Waals surface area contributed by atoms with Crippen LogP contribution in [-0.4, -0.2) is 33.3 Å². The van der Waals surface area contributed by atoms with Gasteiger partial charge in [-0.3, -0.25) is 8.80 Å². The van der Waals surface area contributed by atoms with Crippen LogP contribution in [0.15, 0.2) is 188 Å². The minimum absolute atomic E-state index is 0.704. The molecule has 7 aromatic carbocycles. The molecule has 0 amide bonds. The van der Waals surface area contributed by atoms with Crippen LogP contribution in [0.2, 0.25) is 0 Å². The molecule has 0 aliphatic rings. The van der Waals surface area contributed by atoms with E-state index >= 15 is 0 Å². The maximum absolute atomic E-state index is 5.23. The van der Waals surface area contributed by atoms with Gasteiger partial charge in [-0.2, -0.15) is 0 Å². The van der Waals surface area contributed by atoms with Crippen molar-refractivity contribution in [3.63, 3.8) is 0 Å². The standard InChI is InChI=1S/C48H31N7/c1-3-13-34(14-4-1)40-31-41(50-46(49-40)36-15-5-2-6-16-36)35-25-23-32(24-26-35)33-27-29-37(30-28-33)53-47-51-38-17-7-9-19-42(38)54(47)44-21-11-12-22-45(44)55-43-20-10-8-18-39(43)52-48(53)55/h1-31H. The lowest BCUT2D eigenvalue weighted by Crippen LogP contribution is -2.02. The van der Waals surface area contributed by atoms with Crippen molar-refractivity contribution in [3.05, 3.63) is 188 Å². The maximum atomic E-state index is 5.23. The van der Waals surface area contributed by atoms with Gasteiger partial charge in [-0.15, -0.1) is 0 Å². The Kier molecular flexibility index (Phi) is 7.03. The molecular formula is C48H31N7. The quantitative estimate of drug-likeness (QED) is 0.179. The molecule has 0 bridgehead atoms. The highest BCUT2D eigenvalue weighted by Gasteiger charge is 2.19. The lowest BCUT2D eigenvalue weighted by atomic mass is 10.0. The van der Waals surface area contributed by atoms with Gasteiger partial charge in [0.25, 0.3) is 0 Å². The van der Waals surface area contributed by atoms with E-state index in [1.807, 2.05) is 48.5 Å². The smallest absolute Gasteiger partial charge is 0.223 e. The number of fused-ring (bicyclic) bond motifs is 9. The summed E-state index contributed by atoms with van der Waals surface area (Å²) < 4.78 is 6.68. The largest absolute Gasteiger partial charge is 0.276 e. The summed E-state index contributed by atoms with van der Waals surface area (Å²) >= 11 is 0. The van der Waals surface area contributed by atoms with Crippen LogP contribution < -0.4 is 0 Å². The molecule has 11 aromatic rings. The highest BCUT2D eigenvalue weighted by molar-refractivity contribution is 5.93. The van der Waals surface area contributed by atoms with Crippen molar-refractivity contribution in [3.8, 4) is 50.7 Å². The SMILES string of the molecule is c1ccc(-c2cc(-c3ccc(-c4ccc(-n5c6nc7ccccc7n6c6ccccc6n6c7ccccc7nc56)cc4)cc3)nc(-c3ccccc3)n2)cc1. The molecule has 0 N–H and O–H groups in total. The molecule has 7 heteroatoms. The number of aromatic nitrogens is 7. The number of hydrogen-bond donors (Lipinski definition) is 0. The van der Waals surface area contributed by atoms with E-state index in [9.17, 15) is 0 Å². The van der Waals surface area contributed by atoms with Gasteiger partial charge in [0.15, 0.2) is 5.82 Å². The molecule has 0 atom stereocenters. The van der Waals surface area contributed by atoms with Gasteiger partial charge in [0.2, 0.25) is 11.6 Å². The van der Waals surface area contributed by atoms with Gasteiger partial charge in [-0.05, 0) is 65.7 Å². The molecule has 0 unspecified atom stereocenters. The van der Waals surface area contributed by atoms with Crippen molar-refractivity contribution in [2.24, 2.45) is 0 Å². The number of benzene rings is 7. The van der Waals surface area contributed by atoms with E-state index in [0.717, 1.165) is 89.5 Å². The fourth-order valence-corrected chi connectivity index (χ4v) is 7.67. The van der Waals surface area contributed by atoms with E-state index in [-0.39, 0.29) is 0 Å². The van der Waals surface area contributed by atoms with Crippen molar-refractivity contribution in [2.75, 3.05) is 0 Å². The van der Waals surface area contributed by atoms with E-state index in [0.29, 0.717) is 5.82 Å². The molecule has 11 rings (SSSR count). The lowest BCUT2D eigenvalue weighted by molar-refractivity contribution is 1.03. The summed E-state index contributed by atoms with van der Waals surface area (Å²) in [6, 6.07) is 64.9. The van der Waals surface area contributed by atoms with Gasteiger partial charge in [0.05, 0.1) is 50.2 Å².